The third-order valence-electron chi connectivity index (χ3n) is 4.34. The zero-order chi connectivity index (χ0) is 13.5. The van der Waals surface area contributed by atoms with Gasteiger partial charge in [-0.05, 0) is 18.4 Å². The number of Topliss-reactive ketones (excluding diaryl/α,β-unsaturated/α-hetero) is 1. The van der Waals surface area contributed by atoms with Crippen molar-refractivity contribution in [3.8, 4) is 0 Å². The SMILES string of the molecule is CC(=O)OC12C(=O)CCCCCC1c1ccccc12. The Labute approximate surface area is 113 Å². The maximum Gasteiger partial charge on any atom is 0.303 e. The van der Waals surface area contributed by atoms with Crippen LogP contribution in [0, 0.1) is 0 Å². The lowest BCUT2D eigenvalue weighted by Gasteiger charge is -2.49. The molecule has 3 rings (SSSR count). The Kier molecular flexibility index (Phi) is 2.92. The number of rotatable bonds is 1. The summed E-state index contributed by atoms with van der Waals surface area (Å²) in [6, 6.07) is 7.87. The van der Waals surface area contributed by atoms with Crippen LogP contribution >= 0.6 is 0 Å². The molecule has 1 aromatic rings. The van der Waals surface area contributed by atoms with Crippen molar-refractivity contribution in [2.45, 2.75) is 50.5 Å². The van der Waals surface area contributed by atoms with Crippen molar-refractivity contribution < 1.29 is 14.3 Å². The number of benzene rings is 1. The molecule has 0 spiro atoms. The van der Waals surface area contributed by atoms with Crippen molar-refractivity contribution in [1.29, 1.82) is 0 Å². The van der Waals surface area contributed by atoms with E-state index in [4.69, 9.17) is 4.74 Å². The predicted molar refractivity (Wildman–Crippen MR) is 70.7 cm³/mol. The molecule has 0 bridgehead atoms. The van der Waals surface area contributed by atoms with Gasteiger partial charge < -0.3 is 4.74 Å². The van der Waals surface area contributed by atoms with E-state index in [9.17, 15) is 9.59 Å². The molecule has 0 heterocycles. The molecule has 2 aliphatic carbocycles. The molecule has 1 saturated carbocycles. The number of fused-ring (bicyclic) bond motifs is 4. The first-order valence-corrected chi connectivity index (χ1v) is 6.98. The summed E-state index contributed by atoms with van der Waals surface area (Å²) in [7, 11) is 0. The van der Waals surface area contributed by atoms with E-state index in [2.05, 4.69) is 6.07 Å². The molecule has 1 aromatic carbocycles. The number of carbonyl (C=O) groups is 2. The normalized spacial score (nSPS) is 29.3. The van der Waals surface area contributed by atoms with Crippen LogP contribution in [0.2, 0.25) is 0 Å². The molecule has 1 fully saturated rings. The van der Waals surface area contributed by atoms with Crippen LogP contribution in [0.25, 0.3) is 0 Å². The fourth-order valence-electron chi connectivity index (χ4n) is 3.58. The number of ether oxygens (including phenoxy) is 1. The van der Waals surface area contributed by atoms with E-state index >= 15 is 0 Å². The van der Waals surface area contributed by atoms with Crippen LogP contribution < -0.4 is 0 Å². The Morgan fingerprint density at radius 1 is 1.26 bits per heavy atom. The quantitative estimate of drug-likeness (QED) is 0.727. The van der Waals surface area contributed by atoms with Crippen LogP contribution in [0.1, 0.15) is 56.1 Å². The summed E-state index contributed by atoms with van der Waals surface area (Å²) in [4.78, 5) is 24.0. The van der Waals surface area contributed by atoms with Gasteiger partial charge in [0.2, 0.25) is 5.60 Å². The molecule has 0 amide bonds. The van der Waals surface area contributed by atoms with Gasteiger partial charge in [0.05, 0.1) is 0 Å². The smallest absolute Gasteiger partial charge is 0.303 e. The summed E-state index contributed by atoms with van der Waals surface area (Å²) >= 11 is 0. The topological polar surface area (TPSA) is 43.4 Å². The van der Waals surface area contributed by atoms with E-state index in [0.717, 1.165) is 31.2 Å². The Hall–Kier alpha value is -1.64. The van der Waals surface area contributed by atoms with E-state index in [1.165, 1.54) is 12.5 Å². The first kappa shape index (κ1) is 12.4. The summed E-state index contributed by atoms with van der Waals surface area (Å²) in [6.45, 7) is 1.39. The number of carbonyl (C=O) groups excluding carboxylic acids is 2. The average molecular weight is 258 g/mol. The lowest BCUT2D eigenvalue weighted by atomic mass is 9.59. The zero-order valence-electron chi connectivity index (χ0n) is 11.1. The molecule has 0 N–H and O–H groups in total. The first-order chi connectivity index (χ1) is 9.16. The predicted octanol–water partition coefficient (Wildman–Crippen LogP) is 3.08. The van der Waals surface area contributed by atoms with Crippen molar-refractivity contribution in [2.24, 2.45) is 0 Å². The molecule has 19 heavy (non-hydrogen) atoms. The molecule has 2 atom stereocenters. The third kappa shape index (κ3) is 1.71. The minimum absolute atomic E-state index is 0.0559. The van der Waals surface area contributed by atoms with Crippen molar-refractivity contribution in [2.75, 3.05) is 0 Å². The standard InChI is InChI=1S/C16H18O3/c1-11(17)19-16-13(8-3-2-4-10-15(16)18)12-7-5-6-9-14(12)16/h5-7,9,13H,2-4,8,10H2,1H3. The summed E-state index contributed by atoms with van der Waals surface area (Å²) in [5.41, 5.74) is 1.10. The lowest BCUT2D eigenvalue weighted by molar-refractivity contribution is -0.175. The third-order valence-corrected chi connectivity index (χ3v) is 4.34. The van der Waals surface area contributed by atoms with Crippen molar-refractivity contribution in [1.82, 2.24) is 0 Å². The number of hydrogen-bond acceptors (Lipinski definition) is 3. The molecule has 0 radical (unpaired) electrons. The summed E-state index contributed by atoms with van der Waals surface area (Å²) in [5, 5.41) is 0. The summed E-state index contributed by atoms with van der Waals surface area (Å²) in [5.74, 6) is -0.236. The van der Waals surface area contributed by atoms with Crippen molar-refractivity contribution in [3.63, 3.8) is 0 Å². The number of hydrogen-bond donors (Lipinski definition) is 0. The molecule has 3 nitrogen and oxygen atoms in total. The van der Waals surface area contributed by atoms with Crippen LogP contribution in [0.4, 0.5) is 0 Å². The minimum atomic E-state index is -0.983. The van der Waals surface area contributed by atoms with Crippen LogP contribution in [0.3, 0.4) is 0 Å². The van der Waals surface area contributed by atoms with Crippen molar-refractivity contribution >= 4 is 11.8 Å². The molecule has 0 aliphatic heterocycles. The van der Waals surface area contributed by atoms with E-state index in [0.29, 0.717) is 6.42 Å². The summed E-state index contributed by atoms with van der Waals surface area (Å²) in [6.07, 6.45) is 4.51. The highest BCUT2D eigenvalue weighted by atomic mass is 16.6. The molecular weight excluding hydrogens is 240 g/mol. The molecule has 2 aliphatic rings. The van der Waals surface area contributed by atoms with E-state index in [-0.39, 0.29) is 17.7 Å². The summed E-state index contributed by atoms with van der Waals surface area (Å²) < 4.78 is 5.56. The van der Waals surface area contributed by atoms with Gasteiger partial charge in [0.15, 0.2) is 5.78 Å². The van der Waals surface area contributed by atoms with Gasteiger partial charge in [-0.15, -0.1) is 0 Å². The maximum atomic E-state index is 12.6. The fraction of sp³-hybridized carbons (Fsp3) is 0.500. The Morgan fingerprint density at radius 3 is 2.84 bits per heavy atom. The van der Waals surface area contributed by atoms with Crippen LogP contribution in [0.5, 0.6) is 0 Å². The van der Waals surface area contributed by atoms with Gasteiger partial charge in [-0.25, -0.2) is 0 Å². The highest BCUT2D eigenvalue weighted by molar-refractivity contribution is 5.95. The molecule has 0 saturated heterocycles. The molecule has 0 aromatic heterocycles. The fourth-order valence-corrected chi connectivity index (χ4v) is 3.58. The van der Waals surface area contributed by atoms with Crippen molar-refractivity contribution in [3.05, 3.63) is 35.4 Å². The maximum absolute atomic E-state index is 12.6. The number of esters is 1. The van der Waals surface area contributed by atoms with Gasteiger partial charge in [0.1, 0.15) is 0 Å². The average Bonchev–Trinajstić information content (AvgIpc) is 2.38. The van der Waals surface area contributed by atoms with Gasteiger partial charge >= 0.3 is 5.97 Å². The van der Waals surface area contributed by atoms with Gasteiger partial charge in [-0.3, -0.25) is 9.59 Å². The Morgan fingerprint density at radius 2 is 2.05 bits per heavy atom. The minimum Gasteiger partial charge on any atom is -0.446 e. The monoisotopic (exact) mass is 258 g/mol. The highest BCUT2D eigenvalue weighted by Gasteiger charge is 2.59. The first-order valence-electron chi connectivity index (χ1n) is 6.98. The van der Waals surface area contributed by atoms with Gasteiger partial charge in [0, 0.05) is 24.8 Å². The van der Waals surface area contributed by atoms with Gasteiger partial charge in [-0.2, -0.15) is 0 Å². The Balaban J connectivity index is 2.10. The Bertz CT molecular complexity index is 535. The number of ketones is 1. The second-order valence-corrected chi connectivity index (χ2v) is 5.49. The highest BCUT2D eigenvalue weighted by Crippen LogP contribution is 2.56. The zero-order valence-corrected chi connectivity index (χ0v) is 11.1. The van der Waals surface area contributed by atoms with E-state index in [1.54, 1.807) is 0 Å². The van der Waals surface area contributed by atoms with E-state index in [1.807, 2.05) is 18.2 Å². The second kappa shape index (κ2) is 4.48. The van der Waals surface area contributed by atoms with Gasteiger partial charge in [-0.1, -0.05) is 37.1 Å². The van der Waals surface area contributed by atoms with Crippen LogP contribution in [-0.4, -0.2) is 11.8 Å². The largest absolute Gasteiger partial charge is 0.446 e. The molecule has 3 heteroatoms. The lowest BCUT2D eigenvalue weighted by Crippen LogP contribution is -2.53. The van der Waals surface area contributed by atoms with Gasteiger partial charge in [0.25, 0.3) is 0 Å². The van der Waals surface area contributed by atoms with Crippen LogP contribution in [0.15, 0.2) is 24.3 Å². The second-order valence-electron chi connectivity index (χ2n) is 5.49. The molecule has 2 unspecified atom stereocenters. The molecular formula is C16H18O3. The van der Waals surface area contributed by atoms with E-state index < -0.39 is 5.60 Å². The molecule has 100 valence electrons. The van der Waals surface area contributed by atoms with Crippen LogP contribution in [-0.2, 0) is 19.9 Å².